The smallest absolute Gasteiger partial charge is 0.392 e. The van der Waals surface area contributed by atoms with E-state index < -0.39 is 28.2 Å². The maximum absolute atomic E-state index is 12.7. The first kappa shape index (κ1) is 16.3. The molecule has 3 nitrogen and oxygen atoms in total. The van der Waals surface area contributed by atoms with Gasteiger partial charge in [-0.3, -0.25) is 0 Å². The molecule has 0 radical (unpaired) electrons. The second-order valence-corrected chi connectivity index (χ2v) is 7.38. The second kappa shape index (κ2) is 6.15. The van der Waals surface area contributed by atoms with Crippen molar-refractivity contribution in [3.05, 3.63) is 29.3 Å². The molecule has 0 amide bonds. The van der Waals surface area contributed by atoms with Gasteiger partial charge in [-0.25, -0.2) is 8.42 Å². The van der Waals surface area contributed by atoms with Crippen LogP contribution >= 0.6 is 11.8 Å². The number of sulfone groups is 1. The average molecular weight is 314 g/mol. The highest BCUT2D eigenvalue weighted by molar-refractivity contribution is 8.00. The van der Waals surface area contributed by atoms with E-state index in [9.17, 15) is 21.6 Å². The van der Waals surface area contributed by atoms with Gasteiger partial charge in [-0.2, -0.15) is 13.2 Å². The van der Waals surface area contributed by atoms with Gasteiger partial charge in [-0.1, -0.05) is 6.07 Å². The molecular weight excluding hydrogens is 301 g/mol. The molecule has 108 valence electrons. The lowest BCUT2D eigenvalue weighted by Crippen LogP contribution is -2.09. The van der Waals surface area contributed by atoms with Gasteiger partial charge >= 0.3 is 6.18 Å². The summed E-state index contributed by atoms with van der Waals surface area (Å²) in [5, 5.41) is 8.87. The van der Waals surface area contributed by atoms with Crippen molar-refractivity contribution in [2.24, 2.45) is 0 Å². The third-order valence-corrected chi connectivity index (χ3v) is 4.48. The zero-order chi connectivity index (χ0) is 14.7. The molecule has 1 aromatic rings. The second-order valence-electron chi connectivity index (χ2n) is 3.95. The molecule has 1 rings (SSSR count). The maximum Gasteiger partial charge on any atom is 0.416 e. The predicted molar refractivity (Wildman–Crippen MR) is 67.8 cm³/mol. The van der Waals surface area contributed by atoms with Gasteiger partial charge in [0.15, 0.2) is 0 Å². The van der Waals surface area contributed by atoms with Gasteiger partial charge in [-0.15, -0.1) is 11.8 Å². The van der Waals surface area contributed by atoms with E-state index in [0.29, 0.717) is 4.90 Å². The number of alkyl halides is 3. The van der Waals surface area contributed by atoms with Crippen LogP contribution < -0.4 is 0 Å². The molecule has 0 bridgehead atoms. The lowest BCUT2D eigenvalue weighted by molar-refractivity contribution is -0.138. The molecule has 1 N–H and O–H groups in total. The van der Waals surface area contributed by atoms with Crippen molar-refractivity contribution < 1.29 is 26.7 Å². The Kier molecular flexibility index (Phi) is 5.28. The molecule has 0 aliphatic carbocycles. The average Bonchev–Trinajstić information content (AvgIpc) is 2.26. The van der Waals surface area contributed by atoms with Gasteiger partial charge in [0, 0.05) is 16.9 Å². The molecule has 0 unspecified atom stereocenters. The van der Waals surface area contributed by atoms with Gasteiger partial charge in [0.1, 0.15) is 9.84 Å². The Morgan fingerprint density at radius 3 is 2.42 bits per heavy atom. The summed E-state index contributed by atoms with van der Waals surface area (Å²) in [6.45, 7) is -0.691. The highest BCUT2D eigenvalue weighted by atomic mass is 32.2. The first-order valence-corrected chi connectivity index (χ1v) is 8.29. The van der Waals surface area contributed by atoms with Crippen LogP contribution in [0.1, 0.15) is 11.1 Å². The molecule has 0 aliphatic rings. The lowest BCUT2D eigenvalue weighted by atomic mass is 10.1. The first-order valence-electron chi connectivity index (χ1n) is 5.25. The summed E-state index contributed by atoms with van der Waals surface area (Å²) < 4.78 is 60.0. The SMILES string of the molecule is CS(=O)(=O)CCSc1ccc(CO)c(C(F)(F)F)c1. The fourth-order valence-corrected chi connectivity index (χ4v) is 3.50. The van der Waals surface area contributed by atoms with Crippen molar-refractivity contribution in [1.82, 2.24) is 0 Å². The fourth-order valence-electron chi connectivity index (χ4n) is 1.36. The van der Waals surface area contributed by atoms with E-state index in [1.54, 1.807) is 0 Å². The van der Waals surface area contributed by atoms with E-state index in [1.165, 1.54) is 12.1 Å². The van der Waals surface area contributed by atoms with Gasteiger partial charge < -0.3 is 5.11 Å². The maximum atomic E-state index is 12.7. The number of aliphatic hydroxyl groups is 1. The van der Waals surface area contributed by atoms with E-state index in [0.717, 1.165) is 24.1 Å². The standard InChI is InChI=1S/C11H13F3O3S2/c1-19(16,17)5-4-18-9-3-2-8(7-15)10(6-9)11(12,13)14/h2-3,6,15H,4-5,7H2,1H3. The summed E-state index contributed by atoms with van der Waals surface area (Å²) >= 11 is 1.04. The molecule has 19 heavy (non-hydrogen) atoms. The Morgan fingerprint density at radius 1 is 1.32 bits per heavy atom. The molecule has 0 heterocycles. The number of hydrogen-bond acceptors (Lipinski definition) is 4. The summed E-state index contributed by atoms with van der Waals surface area (Å²) in [7, 11) is -3.13. The van der Waals surface area contributed by atoms with E-state index in [4.69, 9.17) is 5.11 Å². The molecule has 0 atom stereocenters. The Morgan fingerprint density at radius 2 is 1.95 bits per heavy atom. The molecule has 0 aliphatic heterocycles. The van der Waals surface area contributed by atoms with Crippen LogP contribution in [0.15, 0.2) is 23.1 Å². The molecule has 8 heteroatoms. The Hall–Kier alpha value is -0.730. The predicted octanol–water partition coefficient (Wildman–Crippen LogP) is 2.33. The topological polar surface area (TPSA) is 54.4 Å². The summed E-state index contributed by atoms with van der Waals surface area (Å²) in [4.78, 5) is 0.327. The number of benzene rings is 1. The highest BCUT2D eigenvalue weighted by Crippen LogP contribution is 2.34. The Labute approximate surface area is 113 Å². The van der Waals surface area contributed by atoms with Crippen molar-refractivity contribution in [3.63, 3.8) is 0 Å². The van der Waals surface area contributed by atoms with E-state index in [2.05, 4.69) is 0 Å². The van der Waals surface area contributed by atoms with Crippen LogP contribution in [-0.4, -0.2) is 31.3 Å². The summed E-state index contributed by atoms with van der Waals surface area (Å²) in [6, 6.07) is 3.57. The van der Waals surface area contributed by atoms with Crippen LogP contribution in [0.3, 0.4) is 0 Å². The minimum Gasteiger partial charge on any atom is -0.392 e. The van der Waals surface area contributed by atoms with E-state index in [-0.39, 0.29) is 17.1 Å². The number of hydrogen-bond donors (Lipinski definition) is 1. The van der Waals surface area contributed by atoms with Gasteiger partial charge in [-0.05, 0) is 17.7 Å². The molecule has 0 spiro atoms. The minimum absolute atomic E-state index is 0.0965. The highest BCUT2D eigenvalue weighted by Gasteiger charge is 2.33. The molecule has 0 saturated carbocycles. The third kappa shape index (κ3) is 5.42. The number of aliphatic hydroxyl groups excluding tert-OH is 1. The van der Waals surface area contributed by atoms with Crippen LogP contribution in [-0.2, 0) is 22.6 Å². The van der Waals surface area contributed by atoms with Gasteiger partial charge in [0.25, 0.3) is 0 Å². The van der Waals surface area contributed by atoms with Crippen molar-refractivity contribution in [1.29, 1.82) is 0 Å². The van der Waals surface area contributed by atoms with Crippen LogP contribution in [0.5, 0.6) is 0 Å². The zero-order valence-corrected chi connectivity index (χ0v) is 11.7. The number of rotatable bonds is 5. The quantitative estimate of drug-likeness (QED) is 0.848. The monoisotopic (exact) mass is 314 g/mol. The fraction of sp³-hybridized carbons (Fsp3) is 0.455. The molecule has 1 aromatic carbocycles. The van der Waals surface area contributed by atoms with Crippen molar-refractivity contribution in [3.8, 4) is 0 Å². The number of thioether (sulfide) groups is 1. The molecule has 0 saturated heterocycles. The largest absolute Gasteiger partial charge is 0.416 e. The first-order chi connectivity index (χ1) is 8.63. The molecular formula is C11H13F3O3S2. The van der Waals surface area contributed by atoms with Crippen LogP contribution in [0, 0.1) is 0 Å². The van der Waals surface area contributed by atoms with Crippen LogP contribution in [0.2, 0.25) is 0 Å². The minimum atomic E-state index is -4.54. The van der Waals surface area contributed by atoms with Crippen LogP contribution in [0.4, 0.5) is 13.2 Å². The van der Waals surface area contributed by atoms with Gasteiger partial charge in [0.05, 0.1) is 17.9 Å². The lowest BCUT2D eigenvalue weighted by Gasteiger charge is -2.12. The normalized spacial score (nSPS) is 12.7. The van der Waals surface area contributed by atoms with Gasteiger partial charge in [0.2, 0.25) is 0 Å². The third-order valence-electron chi connectivity index (χ3n) is 2.28. The summed E-state index contributed by atoms with van der Waals surface area (Å²) in [5.74, 6) is 0.0926. The summed E-state index contributed by atoms with van der Waals surface area (Å²) in [5.41, 5.74) is -1.08. The summed E-state index contributed by atoms with van der Waals surface area (Å²) in [6.07, 6.45) is -3.46. The van der Waals surface area contributed by atoms with E-state index >= 15 is 0 Å². The molecule has 0 fully saturated rings. The Balaban J connectivity index is 2.87. The van der Waals surface area contributed by atoms with Crippen molar-refractivity contribution >= 4 is 21.6 Å². The van der Waals surface area contributed by atoms with Crippen molar-refractivity contribution in [2.75, 3.05) is 17.8 Å². The Bertz CT molecular complexity index is 539. The zero-order valence-electron chi connectivity index (χ0n) is 10.1. The van der Waals surface area contributed by atoms with E-state index in [1.807, 2.05) is 0 Å². The van der Waals surface area contributed by atoms with Crippen molar-refractivity contribution in [2.45, 2.75) is 17.7 Å². The van der Waals surface area contributed by atoms with Crippen LogP contribution in [0.25, 0.3) is 0 Å². The molecule has 0 aromatic heterocycles. The number of halogens is 3.